The SMILES string of the molecule is COc1ccc(/C=C/C2=CC(c3ccc(OC)c(OC)c3)N3C=CSC3=N2)cc1OC. The van der Waals surface area contributed by atoms with Crippen LogP contribution in [0.2, 0.25) is 0 Å². The smallest absolute Gasteiger partial charge is 0.173 e. The standard InChI is InChI=1S/C24H24N2O4S/c1-27-20-9-6-16(13-22(20)29-3)5-8-18-15-19(26-11-12-31-24(26)25-18)17-7-10-21(28-2)23(14-17)30-4/h5-15,19H,1-4H3/b8-5+. The number of nitrogens with zero attached hydrogens (tertiary/aromatic N) is 2. The highest BCUT2D eigenvalue weighted by Gasteiger charge is 2.28. The minimum atomic E-state index is 0.00334. The van der Waals surface area contributed by atoms with Crippen LogP contribution in [-0.4, -0.2) is 38.5 Å². The zero-order chi connectivity index (χ0) is 21.8. The molecule has 0 radical (unpaired) electrons. The van der Waals surface area contributed by atoms with Gasteiger partial charge in [0.2, 0.25) is 0 Å². The lowest BCUT2D eigenvalue weighted by atomic mass is 10.0. The summed E-state index contributed by atoms with van der Waals surface area (Å²) < 4.78 is 21.6. The van der Waals surface area contributed by atoms with E-state index in [1.807, 2.05) is 47.9 Å². The van der Waals surface area contributed by atoms with Gasteiger partial charge in [-0.05, 0) is 53.0 Å². The summed E-state index contributed by atoms with van der Waals surface area (Å²) in [7, 11) is 6.55. The molecule has 2 aromatic rings. The van der Waals surface area contributed by atoms with E-state index in [-0.39, 0.29) is 6.04 Å². The Kier molecular flexibility index (Phi) is 6.23. The molecule has 0 bridgehead atoms. The van der Waals surface area contributed by atoms with E-state index in [0.29, 0.717) is 23.0 Å². The van der Waals surface area contributed by atoms with Gasteiger partial charge in [0.1, 0.15) is 0 Å². The first kappa shape index (κ1) is 20.9. The predicted molar refractivity (Wildman–Crippen MR) is 125 cm³/mol. The first-order valence-corrected chi connectivity index (χ1v) is 10.6. The lowest BCUT2D eigenvalue weighted by molar-refractivity contribution is 0.353. The van der Waals surface area contributed by atoms with Crippen molar-refractivity contribution in [1.29, 1.82) is 0 Å². The quantitative estimate of drug-likeness (QED) is 0.591. The molecule has 0 fully saturated rings. The van der Waals surface area contributed by atoms with Crippen molar-refractivity contribution >= 4 is 23.0 Å². The van der Waals surface area contributed by atoms with Gasteiger partial charge in [0, 0.05) is 6.20 Å². The van der Waals surface area contributed by atoms with Crippen LogP contribution >= 0.6 is 11.8 Å². The van der Waals surface area contributed by atoms with Crippen molar-refractivity contribution in [3.63, 3.8) is 0 Å². The molecule has 1 atom stereocenters. The third-order valence-electron chi connectivity index (χ3n) is 5.07. The van der Waals surface area contributed by atoms with Gasteiger partial charge >= 0.3 is 0 Å². The van der Waals surface area contributed by atoms with Crippen LogP contribution < -0.4 is 18.9 Å². The molecule has 0 saturated heterocycles. The van der Waals surface area contributed by atoms with E-state index in [2.05, 4.69) is 23.2 Å². The van der Waals surface area contributed by atoms with E-state index >= 15 is 0 Å². The molecule has 2 aromatic carbocycles. The summed E-state index contributed by atoms with van der Waals surface area (Å²) in [6.07, 6.45) is 8.22. The Morgan fingerprint density at radius 1 is 0.839 bits per heavy atom. The summed E-state index contributed by atoms with van der Waals surface area (Å²) >= 11 is 1.61. The Morgan fingerprint density at radius 3 is 2.23 bits per heavy atom. The molecule has 6 nitrogen and oxygen atoms in total. The van der Waals surface area contributed by atoms with E-state index in [4.69, 9.17) is 23.9 Å². The van der Waals surface area contributed by atoms with Gasteiger partial charge in [-0.1, -0.05) is 30.0 Å². The molecular formula is C24H24N2O4S. The van der Waals surface area contributed by atoms with Crippen LogP contribution in [0.3, 0.4) is 0 Å². The maximum Gasteiger partial charge on any atom is 0.173 e. The summed E-state index contributed by atoms with van der Waals surface area (Å²) in [6.45, 7) is 0. The highest BCUT2D eigenvalue weighted by molar-refractivity contribution is 8.16. The molecule has 0 spiro atoms. The Balaban J connectivity index is 1.65. The Labute approximate surface area is 186 Å². The normalized spacial score (nSPS) is 17.3. The van der Waals surface area contributed by atoms with E-state index in [0.717, 1.165) is 22.0 Å². The molecule has 0 aliphatic carbocycles. The third-order valence-corrected chi connectivity index (χ3v) is 5.84. The average molecular weight is 437 g/mol. The summed E-state index contributed by atoms with van der Waals surface area (Å²) in [5.74, 6) is 2.81. The lowest BCUT2D eigenvalue weighted by Gasteiger charge is -2.29. The molecule has 2 aliphatic heterocycles. The van der Waals surface area contributed by atoms with Crippen molar-refractivity contribution in [1.82, 2.24) is 4.90 Å². The van der Waals surface area contributed by atoms with Crippen LogP contribution in [0, 0.1) is 0 Å². The van der Waals surface area contributed by atoms with Gasteiger partial charge in [-0.3, -0.25) is 0 Å². The molecular weight excluding hydrogens is 412 g/mol. The topological polar surface area (TPSA) is 52.5 Å². The van der Waals surface area contributed by atoms with Crippen molar-refractivity contribution in [2.75, 3.05) is 28.4 Å². The molecule has 4 rings (SSSR count). The lowest BCUT2D eigenvalue weighted by Crippen LogP contribution is -2.27. The average Bonchev–Trinajstić information content (AvgIpc) is 3.30. The van der Waals surface area contributed by atoms with Crippen molar-refractivity contribution in [2.45, 2.75) is 6.04 Å². The highest BCUT2D eigenvalue weighted by atomic mass is 32.2. The largest absolute Gasteiger partial charge is 0.493 e. The number of methoxy groups -OCH3 is 4. The van der Waals surface area contributed by atoms with E-state index in [1.54, 1.807) is 40.2 Å². The maximum atomic E-state index is 5.50. The Bertz CT molecular complexity index is 1090. The highest BCUT2D eigenvalue weighted by Crippen LogP contribution is 2.39. The van der Waals surface area contributed by atoms with Crippen LogP contribution in [0.15, 0.2) is 70.8 Å². The van der Waals surface area contributed by atoms with Gasteiger partial charge in [0.05, 0.1) is 40.2 Å². The Morgan fingerprint density at radius 2 is 1.52 bits per heavy atom. The predicted octanol–water partition coefficient (Wildman–Crippen LogP) is 5.25. The molecule has 0 saturated carbocycles. The van der Waals surface area contributed by atoms with Gasteiger partial charge < -0.3 is 23.8 Å². The van der Waals surface area contributed by atoms with Gasteiger partial charge in [-0.2, -0.15) is 0 Å². The number of hydrogen-bond acceptors (Lipinski definition) is 7. The van der Waals surface area contributed by atoms with E-state index in [1.165, 1.54) is 0 Å². The number of rotatable bonds is 7. The van der Waals surface area contributed by atoms with E-state index < -0.39 is 0 Å². The number of allylic oxidation sites excluding steroid dienone is 1. The molecule has 0 N–H and O–H groups in total. The van der Waals surface area contributed by atoms with Gasteiger partial charge in [0.15, 0.2) is 28.2 Å². The molecule has 2 aliphatic rings. The molecule has 0 amide bonds. The summed E-state index contributed by atoms with van der Waals surface area (Å²) in [4.78, 5) is 6.95. The van der Waals surface area contributed by atoms with E-state index in [9.17, 15) is 0 Å². The fourth-order valence-corrected chi connectivity index (χ4v) is 4.26. The number of ether oxygens (including phenoxy) is 4. The molecule has 31 heavy (non-hydrogen) atoms. The van der Waals surface area contributed by atoms with Gasteiger partial charge in [-0.15, -0.1) is 0 Å². The van der Waals surface area contributed by atoms with Crippen LogP contribution in [-0.2, 0) is 0 Å². The zero-order valence-corrected chi connectivity index (χ0v) is 18.7. The third kappa shape index (κ3) is 4.27. The van der Waals surface area contributed by atoms with Crippen molar-refractivity contribution in [2.24, 2.45) is 4.99 Å². The number of amidine groups is 1. The molecule has 1 unspecified atom stereocenters. The van der Waals surface area contributed by atoms with Gasteiger partial charge in [-0.25, -0.2) is 4.99 Å². The van der Waals surface area contributed by atoms with Crippen LogP contribution in [0.1, 0.15) is 17.2 Å². The first-order valence-electron chi connectivity index (χ1n) is 9.71. The number of benzene rings is 2. The van der Waals surface area contributed by atoms with Gasteiger partial charge in [0.25, 0.3) is 0 Å². The fraction of sp³-hybridized carbons (Fsp3) is 0.208. The minimum Gasteiger partial charge on any atom is -0.493 e. The molecule has 0 aromatic heterocycles. The van der Waals surface area contributed by atoms with Crippen LogP contribution in [0.4, 0.5) is 0 Å². The zero-order valence-electron chi connectivity index (χ0n) is 17.9. The van der Waals surface area contributed by atoms with Crippen molar-refractivity contribution < 1.29 is 18.9 Å². The van der Waals surface area contributed by atoms with Crippen molar-refractivity contribution in [3.05, 3.63) is 77.0 Å². The fourth-order valence-electron chi connectivity index (χ4n) is 3.49. The summed E-state index contributed by atoms with van der Waals surface area (Å²) in [5.41, 5.74) is 2.98. The maximum absolute atomic E-state index is 5.50. The summed E-state index contributed by atoms with van der Waals surface area (Å²) in [6, 6.07) is 11.8. The van der Waals surface area contributed by atoms with Crippen LogP contribution in [0.5, 0.6) is 23.0 Å². The van der Waals surface area contributed by atoms with Crippen molar-refractivity contribution in [3.8, 4) is 23.0 Å². The summed E-state index contributed by atoms with van der Waals surface area (Å²) in [5, 5.41) is 2.98. The monoisotopic (exact) mass is 436 g/mol. The second kappa shape index (κ2) is 9.22. The molecule has 160 valence electrons. The number of aliphatic imine (C=N–C) groups is 1. The van der Waals surface area contributed by atoms with Crippen LogP contribution in [0.25, 0.3) is 6.08 Å². The number of thioether (sulfide) groups is 1. The molecule has 2 heterocycles. The second-order valence-corrected chi connectivity index (χ2v) is 7.68. The first-order chi connectivity index (χ1) is 15.2. The Hall–Kier alpha value is -3.32. The second-order valence-electron chi connectivity index (χ2n) is 6.80. The minimum absolute atomic E-state index is 0.00334. The number of hydrogen-bond donors (Lipinski definition) is 0. The molecule has 7 heteroatoms. The number of fused-ring (bicyclic) bond motifs is 1.